The Morgan fingerprint density at radius 1 is 0.629 bits per heavy atom. The molecule has 0 aliphatic rings. The van der Waals surface area contributed by atoms with Crippen molar-refractivity contribution in [2.24, 2.45) is 0 Å². The maximum atomic E-state index is 12.5. The SMILES string of the molecule is O=C(NC(=O)c1ccccc1)Nc1ccc(Sc2cccc(C(=O)NCc3ccccc3)c2)cc1. The molecule has 0 spiro atoms. The van der Waals surface area contributed by atoms with Crippen LogP contribution in [0.3, 0.4) is 0 Å². The van der Waals surface area contributed by atoms with Gasteiger partial charge in [-0.05, 0) is 60.2 Å². The van der Waals surface area contributed by atoms with E-state index in [-0.39, 0.29) is 5.91 Å². The average molecular weight is 482 g/mol. The third-order valence-electron chi connectivity index (χ3n) is 5.00. The number of hydrogen-bond donors (Lipinski definition) is 3. The van der Waals surface area contributed by atoms with Crippen LogP contribution in [0.4, 0.5) is 10.5 Å². The third-order valence-corrected chi connectivity index (χ3v) is 6.00. The number of benzene rings is 4. The second-order valence-corrected chi connectivity index (χ2v) is 8.74. The maximum Gasteiger partial charge on any atom is 0.326 e. The molecule has 0 saturated heterocycles. The lowest BCUT2D eigenvalue weighted by Gasteiger charge is -2.09. The van der Waals surface area contributed by atoms with E-state index in [0.29, 0.717) is 23.4 Å². The molecule has 4 aromatic carbocycles. The highest BCUT2D eigenvalue weighted by Crippen LogP contribution is 2.29. The van der Waals surface area contributed by atoms with Crippen LogP contribution in [0.1, 0.15) is 26.3 Å². The second kappa shape index (κ2) is 11.7. The minimum absolute atomic E-state index is 0.132. The van der Waals surface area contributed by atoms with Crippen LogP contribution in [0.15, 0.2) is 119 Å². The van der Waals surface area contributed by atoms with Gasteiger partial charge in [0.2, 0.25) is 0 Å². The molecule has 0 aromatic heterocycles. The van der Waals surface area contributed by atoms with Crippen LogP contribution in [-0.4, -0.2) is 17.8 Å². The molecular formula is C28H23N3O3S. The summed E-state index contributed by atoms with van der Waals surface area (Å²) in [6.45, 7) is 0.468. The molecule has 0 aliphatic heterocycles. The molecule has 0 saturated carbocycles. The van der Waals surface area contributed by atoms with Crippen LogP contribution in [0.25, 0.3) is 0 Å². The van der Waals surface area contributed by atoms with Gasteiger partial charge in [0.15, 0.2) is 0 Å². The minimum Gasteiger partial charge on any atom is -0.348 e. The van der Waals surface area contributed by atoms with Crippen molar-refractivity contribution in [1.82, 2.24) is 10.6 Å². The van der Waals surface area contributed by atoms with E-state index in [2.05, 4.69) is 16.0 Å². The molecule has 6 nitrogen and oxygen atoms in total. The number of rotatable bonds is 7. The van der Waals surface area contributed by atoms with E-state index >= 15 is 0 Å². The quantitative estimate of drug-likeness (QED) is 0.315. The molecule has 4 aromatic rings. The van der Waals surface area contributed by atoms with Gasteiger partial charge in [0.1, 0.15) is 0 Å². The zero-order valence-electron chi connectivity index (χ0n) is 18.7. The first-order chi connectivity index (χ1) is 17.1. The van der Waals surface area contributed by atoms with Gasteiger partial charge < -0.3 is 10.6 Å². The average Bonchev–Trinajstić information content (AvgIpc) is 2.89. The molecule has 0 atom stereocenters. The summed E-state index contributed by atoms with van der Waals surface area (Å²) in [5.74, 6) is -0.602. The first-order valence-corrected chi connectivity index (χ1v) is 11.8. The number of hydrogen-bond acceptors (Lipinski definition) is 4. The van der Waals surface area contributed by atoms with Crippen molar-refractivity contribution < 1.29 is 14.4 Å². The number of urea groups is 1. The van der Waals surface area contributed by atoms with Gasteiger partial charge in [0.25, 0.3) is 11.8 Å². The number of amides is 4. The summed E-state index contributed by atoms with van der Waals surface area (Å²) in [5.41, 5.74) is 2.59. The van der Waals surface area contributed by atoms with Gasteiger partial charge in [-0.2, -0.15) is 0 Å². The van der Waals surface area contributed by atoms with Crippen molar-refractivity contribution in [1.29, 1.82) is 0 Å². The Hall–Kier alpha value is -4.36. The zero-order valence-corrected chi connectivity index (χ0v) is 19.5. The van der Waals surface area contributed by atoms with Crippen LogP contribution in [0.5, 0.6) is 0 Å². The second-order valence-electron chi connectivity index (χ2n) is 7.60. The molecule has 3 N–H and O–H groups in total. The van der Waals surface area contributed by atoms with Crippen molar-refractivity contribution in [2.45, 2.75) is 16.3 Å². The smallest absolute Gasteiger partial charge is 0.326 e. The maximum absolute atomic E-state index is 12.5. The van der Waals surface area contributed by atoms with E-state index in [9.17, 15) is 14.4 Å². The summed E-state index contributed by atoms with van der Waals surface area (Å²) in [7, 11) is 0. The van der Waals surface area contributed by atoms with E-state index < -0.39 is 11.9 Å². The summed E-state index contributed by atoms with van der Waals surface area (Å²) in [4.78, 5) is 38.6. The lowest BCUT2D eigenvalue weighted by atomic mass is 10.2. The standard InChI is InChI=1S/C28H23N3O3S/c32-26(29-19-20-8-3-1-4-9-20)22-12-7-13-25(18-22)35-24-16-14-23(15-17-24)30-28(34)31-27(33)21-10-5-2-6-11-21/h1-18H,19H2,(H,29,32)(H2,30,31,33,34). The van der Waals surface area contributed by atoms with Crippen LogP contribution in [-0.2, 0) is 6.54 Å². The summed E-state index contributed by atoms with van der Waals surface area (Å²) in [5, 5.41) is 7.89. The lowest BCUT2D eigenvalue weighted by Crippen LogP contribution is -2.34. The van der Waals surface area contributed by atoms with Gasteiger partial charge in [0.05, 0.1) is 0 Å². The first kappa shape index (κ1) is 23.8. The molecule has 4 rings (SSSR count). The highest BCUT2D eigenvalue weighted by Gasteiger charge is 2.10. The fraction of sp³-hybridized carbons (Fsp3) is 0.0357. The molecule has 7 heteroatoms. The first-order valence-electron chi connectivity index (χ1n) is 10.9. The van der Waals surface area contributed by atoms with Gasteiger partial charge in [0, 0.05) is 33.2 Å². The van der Waals surface area contributed by atoms with Crippen LogP contribution in [0.2, 0.25) is 0 Å². The normalized spacial score (nSPS) is 10.3. The Labute approximate surface area is 207 Å². The molecular weight excluding hydrogens is 458 g/mol. The Morgan fingerprint density at radius 2 is 1.29 bits per heavy atom. The fourth-order valence-corrected chi connectivity index (χ4v) is 4.13. The van der Waals surface area contributed by atoms with Gasteiger partial charge >= 0.3 is 6.03 Å². The minimum atomic E-state index is -0.603. The Morgan fingerprint density at radius 3 is 2.00 bits per heavy atom. The number of carbonyl (C=O) groups excluding carboxylic acids is 3. The van der Waals surface area contributed by atoms with Gasteiger partial charge in [-0.25, -0.2) is 4.79 Å². The fourth-order valence-electron chi connectivity index (χ4n) is 3.25. The summed E-state index contributed by atoms with van der Waals surface area (Å²) in [6.07, 6.45) is 0. The van der Waals surface area contributed by atoms with Crippen LogP contribution < -0.4 is 16.0 Å². The molecule has 0 heterocycles. The van der Waals surface area contributed by atoms with Crippen molar-refractivity contribution in [2.75, 3.05) is 5.32 Å². The molecule has 0 fully saturated rings. The van der Waals surface area contributed by atoms with E-state index in [1.165, 1.54) is 11.8 Å². The highest BCUT2D eigenvalue weighted by molar-refractivity contribution is 7.99. The topological polar surface area (TPSA) is 87.3 Å². The Bertz CT molecular complexity index is 1310. The van der Waals surface area contributed by atoms with Gasteiger partial charge in [-0.3, -0.25) is 14.9 Å². The number of imide groups is 1. The van der Waals surface area contributed by atoms with Crippen molar-refractivity contribution in [3.8, 4) is 0 Å². The summed E-state index contributed by atoms with van der Waals surface area (Å²) >= 11 is 1.51. The summed E-state index contributed by atoms with van der Waals surface area (Å²) < 4.78 is 0. The number of carbonyl (C=O) groups is 3. The van der Waals surface area contributed by atoms with Gasteiger partial charge in [-0.1, -0.05) is 66.4 Å². The largest absolute Gasteiger partial charge is 0.348 e. The van der Waals surface area contributed by atoms with E-state index in [1.54, 1.807) is 48.5 Å². The number of nitrogens with one attached hydrogen (secondary N) is 3. The zero-order chi connectivity index (χ0) is 24.5. The molecule has 0 aliphatic carbocycles. The Kier molecular flexibility index (Phi) is 7.93. The molecule has 0 bridgehead atoms. The van der Waals surface area contributed by atoms with Crippen molar-refractivity contribution in [3.63, 3.8) is 0 Å². The molecule has 35 heavy (non-hydrogen) atoms. The third kappa shape index (κ3) is 7.06. The molecule has 0 unspecified atom stereocenters. The molecule has 4 amide bonds. The lowest BCUT2D eigenvalue weighted by molar-refractivity contribution is 0.0947. The van der Waals surface area contributed by atoms with E-state index in [4.69, 9.17) is 0 Å². The van der Waals surface area contributed by atoms with Crippen molar-refractivity contribution >= 4 is 35.3 Å². The predicted octanol–water partition coefficient (Wildman–Crippen LogP) is 5.73. The molecule has 174 valence electrons. The van der Waals surface area contributed by atoms with Crippen LogP contribution in [0, 0.1) is 0 Å². The predicted molar refractivity (Wildman–Crippen MR) is 138 cm³/mol. The molecule has 0 radical (unpaired) electrons. The highest BCUT2D eigenvalue weighted by atomic mass is 32.2. The number of anilines is 1. The Balaban J connectivity index is 1.31. The van der Waals surface area contributed by atoms with Crippen LogP contribution >= 0.6 is 11.8 Å². The summed E-state index contributed by atoms with van der Waals surface area (Å²) in [6, 6.07) is 32.3. The van der Waals surface area contributed by atoms with Crippen molar-refractivity contribution in [3.05, 3.63) is 126 Å². The van der Waals surface area contributed by atoms with E-state index in [1.807, 2.05) is 60.7 Å². The monoisotopic (exact) mass is 481 g/mol. The van der Waals surface area contributed by atoms with E-state index in [0.717, 1.165) is 15.4 Å². The van der Waals surface area contributed by atoms with Gasteiger partial charge in [-0.15, -0.1) is 0 Å².